The highest BCUT2D eigenvalue weighted by Crippen LogP contribution is 2.19. The van der Waals surface area contributed by atoms with Crippen LogP contribution in [0.2, 0.25) is 0 Å². The normalized spacial score (nSPS) is 13.9. The number of aryl methyl sites for hydroxylation is 1. The van der Waals surface area contributed by atoms with E-state index in [9.17, 15) is 14.0 Å². The van der Waals surface area contributed by atoms with Gasteiger partial charge in [0.1, 0.15) is 11.6 Å². The van der Waals surface area contributed by atoms with Crippen molar-refractivity contribution in [2.45, 2.75) is 13.8 Å². The molecule has 35 heavy (non-hydrogen) atoms. The number of hydrazone groups is 1. The van der Waals surface area contributed by atoms with Gasteiger partial charge in [-0.1, -0.05) is 18.2 Å². The zero-order valence-corrected chi connectivity index (χ0v) is 19.5. The van der Waals surface area contributed by atoms with Crippen molar-refractivity contribution in [1.82, 2.24) is 10.4 Å². The van der Waals surface area contributed by atoms with E-state index in [2.05, 4.69) is 25.7 Å². The molecule has 180 valence electrons. The molecule has 0 bridgehead atoms. The lowest BCUT2D eigenvalue weighted by molar-refractivity contribution is 0.0953. The van der Waals surface area contributed by atoms with Crippen LogP contribution in [0.25, 0.3) is 0 Å². The number of halogens is 1. The van der Waals surface area contributed by atoms with Crippen molar-refractivity contribution in [2.24, 2.45) is 5.10 Å². The molecule has 1 saturated heterocycles. The maximum absolute atomic E-state index is 13.7. The lowest BCUT2D eigenvalue weighted by Gasteiger charge is -2.28. The van der Waals surface area contributed by atoms with Crippen LogP contribution in [0.4, 0.5) is 15.9 Å². The smallest absolute Gasteiger partial charge is 0.271 e. The van der Waals surface area contributed by atoms with Crippen LogP contribution in [0.5, 0.6) is 0 Å². The standard InChI is InChI=1S/C26H26FN5O3/c1-17-3-4-21(15-23(17)27)26(34)31-30-18(2)19-5-7-20(8-6-19)25(33)29-24-16-22(9-10-28-24)32-11-13-35-14-12-32/h3-10,15-16H,11-14H2,1-2H3,(H,31,34)(H,28,29,33)/b30-18+. The molecule has 2 heterocycles. The summed E-state index contributed by atoms with van der Waals surface area (Å²) in [5.41, 5.74) is 5.78. The number of pyridine rings is 1. The SMILES string of the molecule is C/C(=N\NC(=O)c1ccc(C)c(F)c1)c1ccc(C(=O)Nc2cc(N3CCOCC3)ccn2)cc1. The summed E-state index contributed by atoms with van der Waals surface area (Å²) in [6.07, 6.45) is 1.67. The van der Waals surface area contributed by atoms with Crippen LogP contribution in [0.3, 0.4) is 0 Å². The van der Waals surface area contributed by atoms with Crippen LogP contribution in [-0.2, 0) is 4.74 Å². The number of nitrogens with one attached hydrogen (secondary N) is 2. The van der Waals surface area contributed by atoms with Gasteiger partial charge in [-0.15, -0.1) is 0 Å². The molecule has 4 rings (SSSR count). The van der Waals surface area contributed by atoms with Gasteiger partial charge in [-0.3, -0.25) is 9.59 Å². The molecule has 1 aliphatic heterocycles. The third-order valence-electron chi connectivity index (χ3n) is 5.69. The minimum atomic E-state index is -0.508. The van der Waals surface area contributed by atoms with Crippen LogP contribution >= 0.6 is 0 Å². The number of carbonyl (C=O) groups excluding carboxylic acids is 2. The van der Waals surface area contributed by atoms with Crippen molar-refractivity contribution < 1.29 is 18.7 Å². The monoisotopic (exact) mass is 475 g/mol. The molecule has 2 N–H and O–H groups in total. The van der Waals surface area contributed by atoms with Crippen molar-refractivity contribution in [3.63, 3.8) is 0 Å². The molecule has 2 aromatic carbocycles. The number of morpholine rings is 1. The molecule has 1 fully saturated rings. The number of hydrogen-bond acceptors (Lipinski definition) is 6. The van der Waals surface area contributed by atoms with E-state index in [0.29, 0.717) is 35.9 Å². The van der Waals surface area contributed by atoms with Crippen molar-refractivity contribution in [2.75, 3.05) is 36.5 Å². The summed E-state index contributed by atoms with van der Waals surface area (Å²) in [6.45, 7) is 6.29. The first kappa shape index (κ1) is 24.0. The first-order valence-corrected chi connectivity index (χ1v) is 11.2. The van der Waals surface area contributed by atoms with Crippen LogP contribution in [0.15, 0.2) is 65.9 Å². The van der Waals surface area contributed by atoms with Gasteiger partial charge in [-0.05, 0) is 55.3 Å². The van der Waals surface area contributed by atoms with E-state index in [1.165, 1.54) is 12.1 Å². The summed E-state index contributed by atoms with van der Waals surface area (Å²) >= 11 is 0. The van der Waals surface area contributed by atoms with Gasteiger partial charge in [0.25, 0.3) is 11.8 Å². The summed E-state index contributed by atoms with van der Waals surface area (Å²) < 4.78 is 19.1. The Morgan fingerprint density at radius 1 is 0.971 bits per heavy atom. The summed E-state index contributed by atoms with van der Waals surface area (Å²) in [4.78, 5) is 31.4. The molecule has 8 nitrogen and oxygen atoms in total. The fraction of sp³-hybridized carbons (Fsp3) is 0.231. The molecule has 0 spiro atoms. The van der Waals surface area contributed by atoms with Gasteiger partial charge in [0, 0.05) is 42.2 Å². The fourth-order valence-electron chi connectivity index (χ4n) is 3.56. The first-order valence-electron chi connectivity index (χ1n) is 11.2. The number of rotatable bonds is 6. The van der Waals surface area contributed by atoms with E-state index < -0.39 is 11.7 Å². The number of anilines is 2. The molecule has 0 aliphatic carbocycles. The number of ether oxygens (including phenoxy) is 1. The lowest BCUT2D eigenvalue weighted by Crippen LogP contribution is -2.36. The quantitative estimate of drug-likeness (QED) is 0.418. The number of aromatic nitrogens is 1. The summed E-state index contributed by atoms with van der Waals surface area (Å²) in [7, 11) is 0. The predicted molar refractivity (Wildman–Crippen MR) is 132 cm³/mol. The Labute approximate surface area is 202 Å². The number of benzene rings is 2. The maximum Gasteiger partial charge on any atom is 0.271 e. The van der Waals surface area contributed by atoms with Gasteiger partial charge in [-0.25, -0.2) is 14.8 Å². The van der Waals surface area contributed by atoms with E-state index in [4.69, 9.17) is 4.74 Å². The second kappa shape index (κ2) is 10.9. The summed E-state index contributed by atoms with van der Waals surface area (Å²) in [5, 5.41) is 6.92. The summed E-state index contributed by atoms with van der Waals surface area (Å²) in [6, 6.07) is 14.8. The van der Waals surface area contributed by atoms with Gasteiger partial charge in [0.15, 0.2) is 0 Å². The van der Waals surface area contributed by atoms with Crippen molar-refractivity contribution >= 4 is 29.0 Å². The topological polar surface area (TPSA) is 95.9 Å². The molecule has 1 aliphatic rings. The van der Waals surface area contributed by atoms with Crippen molar-refractivity contribution in [1.29, 1.82) is 0 Å². The van der Waals surface area contributed by atoms with E-state index >= 15 is 0 Å². The molecular formula is C26H26FN5O3. The van der Waals surface area contributed by atoms with E-state index in [1.807, 2.05) is 12.1 Å². The number of nitrogens with zero attached hydrogens (tertiary/aromatic N) is 3. The molecular weight excluding hydrogens is 449 g/mol. The largest absolute Gasteiger partial charge is 0.378 e. The highest BCUT2D eigenvalue weighted by Gasteiger charge is 2.14. The van der Waals surface area contributed by atoms with Crippen LogP contribution in [0.1, 0.15) is 38.8 Å². The predicted octanol–water partition coefficient (Wildman–Crippen LogP) is 3.77. The average molecular weight is 476 g/mol. The second-order valence-electron chi connectivity index (χ2n) is 8.13. The minimum absolute atomic E-state index is 0.183. The summed E-state index contributed by atoms with van der Waals surface area (Å²) in [5.74, 6) is -0.773. The van der Waals surface area contributed by atoms with Gasteiger partial charge < -0.3 is 15.0 Å². The van der Waals surface area contributed by atoms with E-state index in [0.717, 1.165) is 24.3 Å². The van der Waals surface area contributed by atoms with Crippen LogP contribution < -0.4 is 15.6 Å². The van der Waals surface area contributed by atoms with E-state index in [-0.39, 0.29) is 11.5 Å². The Kier molecular flexibility index (Phi) is 7.47. The number of hydrogen-bond donors (Lipinski definition) is 2. The fourth-order valence-corrected chi connectivity index (χ4v) is 3.56. The van der Waals surface area contributed by atoms with Crippen LogP contribution in [0, 0.1) is 12.7 Å². The Morgan fingerprint density at radius 2 is 1.66 bits per heavy atom. The number of carbonyl (C=O) groups is 2. The van der Waals surface area contributed by atoms with Crippen LogP contribution in [-0.4, -0.2) is 48.8 Å². The lowest BCUT2D eigenvalue weighted by atomic mass is 10.1. The Morgan fingerprint density at radius 3 is 2.37 bits per heavy atom. The second-order valence-corrected chi connectivity index (χ2v) is 8.13. The molecule has 0 radical (unpaired) electrons. The van der Waals surface area contributed by atoms with Gasteiger partial charge in [0.05, 0.1) is 18.9 Å². The third-order valence-corrected chi connectivity index (χ3v) is 5.69. The van der Waals surface area contributed by atoms with Crippen molar-refractivity contribution in [3.8, 4) is 0 Å². The molecule has 9 heteroatoms. The Bertz CT molecular complexity index is 1250. The minimum Gasteiger partial charge on any atom is -0.378 e. The first-order chi connectivity index (χ1) is 16.9. The Hall–Kier alpha value is -4.11. The Balaban J connectivity index is 1.37. The number of amides is 2. The van der Waals surface area contributed by atoms with Gasteiger partial charge in [0.2, 0.25) is 0 Å². The molecule has 1 aromatic heterocycles. The molecule has 0 atom stereocenters. The van der Waals surface area contributed by atoms with Gasteiger partial charge >= 0.3 is 0 Å². The molecule has 0 saturated carbocycles. The zero-order valence-electron chi connectivity index (χ0n) is 19.5. The molecule has 2 amide bonds. The average Bonchev–Trinajstić information content (AvgIpc) is 2.89. The van der Waals surface area contributed by atoms with Crippen molar-refractivity contribution in [3.05, 3.63) is 88.9 Å². The highest BCUT2D eigenvalue weighted by molar-refractivity contribution is 6.05. The highest BCUT2D eigenvalue weighted by atomic mass is 19.1. The molecule has 3 aromatic rings. The zero-order chi connectivity index (χ0) is 24.8. The van der Waals surface area contributed by atoms with Gasteiger partial charge in [-0.2, -0.15) is 5.10 Å². The maximum atomic E-state index is 13.7. The third kappa shape index (κ3) is 6.07. The molecule has 0 unspecified atom stereocenters. The van der Waals surface area contributed by atoms with E-state index in [1.54, 1.807) is 50.4 Å².